The summed E-state index contributed by atoms with van der Waals surface area (Å²) in [6.45, 7) is 0.701. The Labute approximate surface area is 183 Å². The first kappa shape index (κ1) is 21.4. The van der Waals surface area contributed by atoms with Gasteiger partial charge in [0, 0.05) is 17.7 Å². The van der Waals surface area contributed by atoms with Crippen LogP contribution in [0.15, 0.2) is 67.0 Å². The number of hydrogen-bond donors (Lipinski definition) is 1. The molecule has 7 heteroatoms. The lowest BCUT2D eigenvalue weighted by Gasteiger charge is -2.07. The zero-order chi connectivity index (χ0) is 19.5. The molecule has 150 valence electrons. The van der Waals surface area contributed by atoms with Crippen LogP contribution >= 0.6 is 11.3 Å². The standard InChI is InChI=1S/C22H21FN3OS.BrH/c1-27-18-6-7-20-21(13-18)28-22(25-20)19(24)12-15-8-10-26(11-9-15)14-16-2-4-17(23)5-3-16;/h2-11,13,19H,12,14,24H2,1H3;1H/q+1;/p-1. The maximum absolute atomic E-state index is 13.0. The van der Waals surface area contributed by atoms with Crippen LogP contribution in [0.25, 0.3) is 10.2 Å². The molecule has 1 unspecified atom stereocenters. The van der Waals surface area contributed by atoms with E-state index in [-0.39, 0.29) is 28.8 Å². The molecular formula is C22H21BrFN3OS. The van der Waals surface area contributed by atoms with Gasteiger partial charge in [0.05, 0.1) is 23.4 Å². The van der Waals surface area contributed by atoms with Crippen molar-refractivity contribution < 1.29 is 30.7 Å². The Balaban J connectivity index is 0.00000240. The quantitative estimate of drug-likeness (QED) is 0.425. The lowest BCUT2D eigenvalue weighted by atomic mass is 10.1. The van der Waals surface area contributed by atoms with Crippen LogP contribution in [0.5, 0.6) is 5.75 Å². The average Bonchev–Trinajstić information content (AvgIpc) is 3.14. The topological polar surface area (TPSA) is 52.0 Å². The van der Waals surface area contributed by atoms with Crippen LogP contribution < -0.4 is 32.0 Å². The minimum Gasteiger partial charge on any atom is -1.00 e. The second-order valence-corrected chi connectivity index (χ2v) is 7.76. The highest BCUT2D eigenvalue weighted by Gasteiger charge is 2.14. The Morgan fingerprint density at radius 1 is 1.07 bits per heavy atom. The first-order chi connectivity index (χ1) is 13.6. The number of benzene rings is 2. The number of methoxy groups -OCH3 is 1. The molecule has 2 heterocycles. The lowest BCUT2D eigenvalue weighted by molar-refractivity contribution is -0.688. The van der Waals surface area contributed by atoms with Gasteiger partial charge < -0.3 is 27.5 Å². The van der Waals surface area contributed by atoms with E-state index in [1.807, 2.05) is 30.6 Å². The van der Waals surface area contributed by atoms with E-state index < -0.39 is 0 Å². The highest BCUT2D eigenvalue weighted by molar-refractivity contribution is 7.18. The third-order valence-electron chi connectivity index (χ3n) is 4.62. The number of fused-ring (bicyclic) bond motifs is 1. The van der Waals surface area contributed by atoms with Crippen LogP contribution in [0.1, 0.15) is 22.2 Å². The van der Waals surface area contributed by atoms with E-state index in [9.17, 15) is 4.39 Å². The van der Waals surface area contributed by atoms with Crippen molar-refractivity contribution in [2.24, 2.45) is 5.73 Å². The molecule has 2 aromatic heterocycles. The van der Waals surface area contributed by atoms with Crippen molar-refractivity contribution in [2.75, 3.05) is 7.11 Å². The summed E-state index contributed by atoms with van der Waals surface area (Å²) in [6, 6.07) is 16.4. The van der Waals surface area contributed by atoms with Crippen molar-refractivity contribution in [3.05, 3.63) is 88.9 Å². The first-order valence-electron chi connectivity index (χ1n) is 9.03. The molecule has 1 atom stereocenters. The molecule has 4 rings (SSSR count). The van der Waals surface area contributed by atoms with Crippen molar-refractivity contribution in [1.82, 2.24) is 4.98 Å². The summed E-state index contributed by atoms with van der Waals surface area (Å²) in [4.78, 5) is 4.67. The second-order valence-electron chi connectivity index (χ2n) is 6.70. The zero-order valence-corrected chi connectivity index (χ0v) is 18.3. The maximum Gasteiger partial charge on any atom is 0.173 e. The normalized spacial score (nSPS) is 11.8. The van der Waals surface area contributed by atoms with Crippen LogP contribution in [0.3, 0.4) is 0 Å². The summed E-state index contributed by atoms with van der Waals surface area (Å²) in [5.41, 5.74) is 9.57. The van der Waals surface area contributed by atoms with Gasteiger partial charge in [0.2, 0.25) is 0 Å². The van der Waals surface area contributed by atoms with Crippen LogP contribution in [-0.4, -0.2) is 12.1 Å². The SMILES string of the molecule is COc1ccc2nc(C(N)Cc3cc[n+](Cc4ccc(F)cc4)cc3)sc2c1.[Br-]. The van der Waals surface area contributed by atoms with Crippen molar-refractivity contribution in [3.8, 4) is 5.75 Å². The number of halogens is 2. The highest BCUT2D eigenvalue weighted by atomic mass is 79.9. The average molecular weight is 474 g/mol. The molecule has 2 N–H and O–H groups in total. The van der Waals surface area contributed by atoms with Crippen molar-refractivity contribution in [2.45, 2.75) is 19.0 Å². The fourth-order valence-corrected chi connectivity index (χ4v) is 4.08. The number of rotatable bonds is 6. The third kappa shape index (κ3) is 5.18. The Morgan fingerprint density at radius 3 is 2.48 bits per heavy atom. The summed E-state index contributed by atoms with van der Waals surface area (Å²) in [5, 5.41) is 0.922. The first-order valence-corrected chi connectivity index (χ1v) is 9.85. The highest BCUT2D eigenvalue weighted by Crippen LogP contribution is 2.29. The van der Waals surface area contributed by atoms with E-state index in [0.29, 0.717) is 13.0 Å². The van der Waals surface area contributed by atoms with Gasteiger partial charge in [-0.05, 0) is 54.4 Å². The Hall–Kier alpha value is -2.35. The van der Waals surface area contributed by atoms with Crippen LogP contribution in [0, 0.1) is 5.82 Å². The van der Waals surface area contributed by atoms with Crippen LogP contribution in [-0.2, 0) is 13.0 Å². The fourth-order valence-electron chi connectivity index (χ4n) is 3.08. The molecule has 29 heavy (non-hydrogen) atoms. The van der Waals surface area contributed by atoms with Crippen molar-refractivity contribution >= 4 is 21.6 Å². The largest absolute Gasteiger partial charge is 1.00 e. The van der Waals surface area contributed by atoms with Crippen LogP contribution in [0.2, 0.25) is 0 Å². The summed E-state index contributed by atoms with van der Waals surface area (Å²) >= 11 is 1.61. The molecule has 0 amide bonds. The monoisotopic (exact) mass is 473 g/mol. The van der Waals surface area contributed by atoms with Gasteiger partial charge in [0.25, 0.3) is 0 Å². The van der Waals surface area contributed by atoms with Crippen molar-refractivity contribution in [3.63, 3.8) is 0 Å². The molecule has 0 saturated carbocycles. The molecule has 2 aromatic carbocycles. The minimum absolute atomic E-state index is 0. The molecule has 0 aliphatic rings. The van der Waals surface area contributed by atoms with Gasteiger partial charge in [0.15, 0.2) is 18.9 Å². The van der Waals surface area contributed by atoms with Gasteiger partial charge in [-0.2, -0.15) is 0 Å². The summed E-state index contributed by atoms with van der Waals surface area (Å²) < 4.78 is 21.4. The molecule has 0 aliphatic carbocycles. The molecular weight excluding hydrogens is 453 g/mol. The summed E-state index contributed by atoms with van der Waals surface area (Å²) in [7, 11) is 1.66. The van der Waals surface area contributed by atoms with E-state index in [1.54, 1.807) is 30.6 Å². The number of nitrogens with zero attached hydrogens (tertiary/aromatic N) is 2. The number of hydrogen-bond acceptors (Lipinski definition) is 4. The van der Waals surface area contributed by atoms with Gasteiger partial charge in [0.1, 0.15) is 16.6 Å². The molecule has 0 saturated heterocycles. The van der Waals surface area contributed by atoms with Gasteiger partial charge >= 0.3 is 0 Å². The molecule has 0 spiro atoms. The predicted octanol–water partition coefficient (Wildman–Crippen LogP) is 1.03. The number of pyridine rings is 1. The number of thiazole rings is 1. The van der Waals surface area contributed by atoms with E-state index in [0.717, 1.165) is 32.1 Å². The van der Waals surface area contributed by atoms with E-state index >= 15 is 0 Å². The van der Waals surface area contributed by atoms with Gasteiger partial charge in [-0.15, -0.1) is 11.3 Å². The Kier molecular flexibility index (Phi) is 6.95. The minimum atomic E-state index is -0.216. The van der Waals surface area contributed by atoms with E-state index in [1.165, 1.54) is 12.1 Å². The second kappa shape index (κ2) is 9.43. The summed E-state index contributed by atoms with van der Waals surface area (Å²) in [5.74, 6) is 0.608. The molecule has 4 aromatic rings. The Morgan fingerprint density at radius 2 is 1.79 bits per heavy atom. The lowest BCUT2D eigenvalue weighted by Crippen LogP contribution is -3.00. The van der Waals surface area contributed by atoms with Gasteiger partial charge in [-0.1, -0.05) is 0 Å². The van der Waals surface area contributed by atoms with E-state index in [2.05, 4.69) is 21.7 Å². The number of nitrogens with two attached hydrogens (primary N) is 1. The van der Waals surface area contributed by atoms with E-state index in [4.69, 9.17) is 10.5 Å². The molecule has 0 bridgehead atoms. The maximum atomic E-state index is 13.0. The fraction of sp³-hybridized carbons (Fsp3) is 0.182. The number of ether oxygens (including phenoxy) is 1. The molecule has 0 fully saturated rings. The molecule has 0 aliphatic heterocycles. The molecule has 0 radical (unpaired) electrons. The predicted molar refractivity (Wildman–Crippen MR) is 109 cm³/mol. The zero-order valence-electron chi connectivity index (χ0n) is 15.9. The van der Waals surface area contributed by atoms with Gasteiger partial charge in [-0.25, -0.2) is 13.9 Å². The number of aromatic nitrogens is 2. The van der Waals surface area contributed by atoms with Crippen molar-refractivity contribution in [1.29, 1.82) is 0 Å². The Bertz CT molecular complexity index is 1080. The summed E-state index contributed by atoms with van der Waals surface area (Å²) in [6.07, 6.45) is 4.76. The molecule has 4 nitrogen and oxygen atoms in total. The third-order valence-corrected chi connectivity index (χ3v) is 5.77. The van der Waals surface area contributed by atoms with Gasteiger partial charge in [-0.3, -0.25) is 0 Å². The van der Waals surface area contributed by atoms with Crippen LogP contribution in [0.4, 0.5) is 4.39 Å². The smallest absolute Gasteiger partial charge is 0.173 e.